The van der Waals surface area contributed by atoms with Crippen LogP contribution in [0.15, 0.2) is 18.2 Å². The summed E-state index contributed by atoms with van der Waals surface area (Å²) in [5, 5.41) is 3.26. The van der Waals surface area contributed by atoms with Gasteiger partial charge in [0.2, 0.25) is 5.91 Å². The largest absolute Gasteiger partial charge is 0.397 e. The van der Waals surface area contributed by atoms with E-state index in [1.54, 1.807) is 18.2 Å². The summed E-state index contributed by atoms with van der Waals surface area (Å²) in [6, 6.07) is 4.96. The van der Waals surface area contributed by atoms with Crippen LogP contribution >= 0.6 is 11.6 Å². The number of ether oxygens (including phenoxy) is 2. The van der Waals surface area contributed by atoms with Gasteiger partial charge >= 0.3 is 0 Å². The molecule has 0 saturated heterocycles. The molecule has 0 saturated carbocycles. The van der Waals surface area contributed by atoms with Crippen molar-refractivity contribution < 1.29 is 14.3 Å². The Kier molecular flexibility index (Phi) is 8.82. The van der Waals surface area contributed by atoms with Gasteiger partial charge in [0.25, 0.3) is 0 Å². The van der Waals surface area contributed by atoms with Crippen molar-refractivity contribution in [1.29, 1.82) is 0 Å². The fourth-order valence-electron chi connectivity index (χ4n) is 1.59. The van der Waals surface area contributed by atoms with E-state index in [0.29, 0.717) is 36.2 Å². The van der Waals surface area contributed by atoms with Crippen LogP contribution in [-0.2, 0) is 14.3 Å². The standard InChI is InChI=1S/C15H23ClN2O3/c1-2-3-7-20-9-10-21-8-6-15(19)18-14-5-4-12(16)11-13(14)17/h4-5,11H,2-3,6-10,17H2,1H3,(H,18,19). The van der Waals surface area contributed by atoms with Crippen molar-refractivity contribution in [3.05, 3.63) is 23.2 Å². The molecule has 0 aromatic heterocycles. The van der Waals surface area contributed by atoms with Crippen molar-refractivity contribution in [2.24, 2.45) is 0 Å². The third-order valence-corrected chi connectivity index (χ3v) is 3.01. The molecular weight excluding hydrogens is 292 g/mol. The second kappa shape index (κ2) is 10.4. The number of carbonyl (C=O) groups excluding carboxylic acids is 1. The minimum Gasteiger partial charge on any atom is -0.397 e. The number of anilines is 2. The van der Waals surface area contributed by atoms with Crippen molar-refractivity contribution in [2.75, 3.05) is 37.5 Å². The molecule has 0 aliphatic carbocycles. The molecule has 118 valence electrons. The molecule has 1 amide bonds. The number of nitrogen functional groups attached to an aromatic ring is 1. The van der Waals surface area contributed by atoms with Gasteiger partial charge in [-0.1, -0.05) is 24.9 Å². The van der Waals surface area contributed by atoms with E-state index in [4.69, 9.17) is 26.8 Å². The van der Waals surface area contributed by atoms with Gasteiger partial charge < -0.3 is 20.5 Å². The summed E-state index contributed by atoms with van der Waals surface area (Å²) in [6.07, 6.45) is 2.46. The molecule has 0 bridgehead atoms. The summed E-state index contributed by atoms with van der Waals surface area (Å²) in [6.45, 7) is 4.30. The van der Waals surface area contributed by atoms with Crippen LogP contribution in [0.2, 0.25) is 5.02 Å². The van der Waals surface area contributed by atoms with E-state index in [2.05, 4.69) is 12.2 Å². The molecule has 0 aliphatic rings. The molecule has 3 N–H and O–H groups in total. The van der Waals surface area contributed by atoms with E-state index in [9.17, 15) is 4.79 Å². The van der Waals surface area contributed by atoms with Crippen molar-refractivity contribution in [3.63, 3.8) is 0 Å². The number of nitrogens with one attached hydrogen (secondary N) is 1. The van der Waals surface area contributed by atoms with Crippen LogP contribution in [0.1, 0.15) is 26.2 Å². The zero-order chi connectivity index (χ0) is 15.5. The Hall–Kier alpha value is -1.30. The Balaban J connectivity index is 2.11. The quantitative estimate of drug-likeness (QED) is 0.514. The molecule has 0 radical (unpaired) electrons. The average Bonchev–Trinajstić information content (AvgIpc) is 2.45. The van der Waals surface area contributed by atoms with Crippen LogP contribution in [0.25, 0.3) is 0 Å². The Morgan fingerprint density at radius 3 is 2.62 bits per heavy atom. The predicted molar refractivity (Wildman–Crippen MR) is 85.7 cm³/mol. The number of carbonyl (C=O) groups is 1. The van der Waals surface area contributed by atoms with E-state index in [-0.39, 0.29) is 12.3 Å². The maximum Gasteiger partial charge on any atom is 0.226 e. The van der Waals surface area contributed by atoms with Gasteiger partial charge in [0.1, 0.15) is 0 Å². The molecule has 1 rings (SSSR count). The van der Waals surface area contributed by atoms with Gasteiger partial charge in [-0.2, -0.15) is 0 Å². The third-order valence-electron chi connectivity index (χ3n) is 2.78. The number of amides is 1. The molecule has 0 heterocycles. The van der Waals surface area contributed by atoms with Crippen LogP contribution in [0.3, 0.4) is 0 Å². The van der Waals surface area contributed by atoms with Gasteiger partial charge in [-0.3, -0.25) is 4.79 Å². The fourth-order valence-corrected chi connectivity index (χ4v) is 1.77. The van der Waals surface area contributed by atoms with E-state index >= 15 is 0 Å². The molecule has 0 aliphatic heterocycles. The maximum absolute atomic E-state index is 11.7. The lowest BCUT2D eigenvalue weighted by molar-refractivity contribution is -0.117. The first-order chi connectivity index (χ1) is 10.1. The monoisotopic (exact) mass is 314 g/mol. The summed E-state index contributed by atoms with van der Waals surface area (Å²) in [5.41, 5.74) is 6.76. The van der Waals surface area contributed by atoms with Crippen molar-refractivity contribution in [3.8, 4) is 0 Å². The second-order valence-corrected chi connectivity index (χ2v) is 5.04. The topological polar surface area (TPSA) is 73.6 Å². The summed E-state index contributed by atoms with van der Waals surface area (Å²) in [4.78, 5) is 11.7. The number of hydrogen-bond acceptors (Lipinski definition) is 4. The molecule has 5 nitrogen and oxygen atoms in total. The average molecular weight is 315 g/mol. The molecule has 0 spiro atoms. The van der Waals surface area contributed by atoms with Crippen LogP contribution in [-0.4, -0.2) is 32.3 Å². The van der Waals surface area contributed by atoms with Gasteiger partial charge in [-0.15, -0.1) is 0 Å². The zero-order valence-corrected chi connectivity index (χ0v) is 13.1. The molecule has 21 heavy (non-hydrogen) atoms. The number of rotatable bonds is 10. The maximum atomic E-state index is 11.7. The molecule has 6 heteroatoms. The first kappa shape index (κ1) is 17.8. The zero-order valence-electron chi connectivity index (χ0n) is 12.4. The molecule has 1 aromatic rings. The number of nitrogens with two attached hydrogens (primary N) is 1. The minimum absolute atomic E-state index is 0.143. The first-order valence-electron chi connectivity index (χ1n) is 7.14. The minimum atomic E-state index is -0.143. The molecule has 1 aromatic carbocycles. The van der Waals surface area contributed by atoms with E-state index in [1.165, 1.54) is 0 Å². The van der Waals surface area contributed by atoms with Gasteiger partial charge in [0.05, 0.1) is 37.6 Å². The number of hydrogen-bond donors (Lipinski definition) is 2. The van der Waals surface area contributed by atoms with E-state index < -0.39 is 0 Å². The molecule has 0 atom stereocenters. The van der Waals surface area contributed by atoms with E-state index in [0.717, 1.165) is 19.4 Å². The van der Waals surface area contributed by atoms with Gasteiger partial charge in [0.15, 0.2) is 0 Å². The molecule has 0 fully saturated rings. The van der Waals surface area contributed by atoms with Gasteiger partial charge in [-0.25, -0.2) is 0 Å². The first-order valence-corrected chi connectivity index (χ1v) is 7.51. The Bertz CT molecular complexity index is 441. The van der Waals surface area contributed by atoms with Crippen LogP contribution in [0.4, 0.5) is 11.4 Å². The third kappa shape index (κ3) is 7.90. The molecular formula is C15H23ClN2O3. The number of halogens is 1. The van der Waals surface area contributed by atoms with Crippen LogP contribution in [0.5, 0.6) is 0 Å². The lowest BCUT2D eigenvalue weighted by Gasteiger charge is -2.09. The fraction of sp³-hybridized carbons (Fsp3) is 0.533. The highest BCUT2D eigenvalue weighted by Gasteiger charge is 2.05. The highest BCUT2D eigenvalue weighted by atomic mass is 35.5. The highest BCUT2D eigenvalue weighted by molar-refractivity contribution is 6.31. The normalized spacial score (nSPS) is 10.6. The second-order valence-electron chi connectivity index (χ2n) is 4.61. The summed E-state index contributed by atoms with van der Waals surface area (Å²) < 4.78 is 10.7. The van der Waals surface area contributed by atoms with Gasteiger partial charge in [-0.05, 0) is 24.6 Å². The Labute approximate surface area is 130 Å². The van der Waals surface area contributed by atoms with E-state index in [1.807, 2.05) is 0 Å². The van der Waals surface area contributed by atoms with Crippen molar-refractivity contribution in [1.82, 2.24) is 0 Å². The SMILES string of the molecule is CCCCOCCOCCC(=O)Nc1ccc(Cl)cc1N. The summed E-state index contributed by atoms with van der Waals surface area (Å²) in [5.74, 6) is -0.143. The number of benzene rings is 1. The van der Waals surface area contributed by atoms with Crippen molar-refractivity contribution >= 4 is 28.9 Å². The summed E-state index contributed by atoms with van der Waals surface area (Å²) >= 11 is 5.79. The van der Waals surface area contributed by atoms with Crippen LogP contribution < -0.4 is 11.1 Å². The lowest BCUT2D eigenvalue weighted by atomic mass is 10.2. The Morgan fingerprint density at radius 2 is 1.95 bits per heavy atom. The van der Waals surface area contributed by atoms with Gasteiger partial charge in [0, 0.05) is 11.6 Å². The number of unbranched alkanes of at least 4 members (excludes halogenated alkanes) is 1. The van der Waals surface area contributed by atoms with Crippen molar-refractivity contribution in [2.45, 2.75) is 26.2 Å². The Morgan fingerprint density at radius 1 is 1.24 bits per heavy atom. The highest BCUT2D eigenvalue weighted by Crippen LogP contribution is 2.22. The predicted octanol–water partition coefficient (Wildman–Crippen LogP) is 3.08. The van der Waals surface area contributed by atoms with Crippen LogP contribution in [0, 0.1) is 0 Å². The molecule has 0 unspecified atom stereocenters. The smallest absolute Gasteiger partial charge is 0.226 e. The lowest BCUT2D eigenvalue weighted by Crippen LogP contribution is -2.16. The summed E-state index contributed by atoms with van der Waals surface area (Å²) in [7, 11) is 0.